The lowest BCUT2D eigenvalue weighted by atomic mass is 10.2. The van der Waals surface area contributed by atoms with Crippen LogP contribution in [0.15, 0.2) is 18.2 Å². The Kier molecular flexibility index (Phi) is 3.01. The molecule has 6 heteroatoms. The number of aromatic nitrogens is 3. The van der Waals surface area contributed by atoms with Crippen molar-refractivity contribution in [3.63, 3.8) is 0 Å². The van der Waals surface area contributed by atoms with E-state index >= 15 is 0 Å². The quantitative estimate of drug-likeness (QED) is 0.879. The molecule has 0 spiro atoms. The van der Waals surface area contributed by atoms with E-state index in [4.69, 9.17) is 11.6 Å². The van der Waals surface area contributed by atoms with Crippen LogP contribution in [-0.4, -0.2) is 21.7 Å². The summed E-state index contributed by atoms with van der Waals surface area (Å²) in [6.45, 7) is 0.973. The lowest BCUT2D eigenvalue weighted by molar-refractivity contribution is 0.608. The van der Waals surface area contributed by atoms with E-state index in [9.17, 15) is 4.39 Å². The third-order valence-corrected chi connectivity index (χ3v) is 3.39. The summed E-state index contributed by atoms with van der Waals surface area (Å²) in [5.41, 5.74) is 0.250. The molecule has 4 nitrogen and oxygen atoms in total. The molecule has 1 unspecified atom stereocenters. The Balaban J connectivity index is 1.97. The predicted octanol–water partition coefficient (Wildman–Crippen LogP) is 2.69. The molecule has 1 aromatic heterocycles. The number of halogens is 2. The van der Waals surface area contributed by atoms with Gasteiger partial charge in [0.1, 0.15) is 11.6 Å². The summed E-state index contributed by atoms with van der Waals surface area (Å²) in [5.74, 6) is 0.635. The summed E-state index contributed by atoms with van der Waals surface area (Å²) in [7, 11) is 0. The monoisotopic (exact) mass is 266 g/mol. The fraction of sp³-hybridized carbons (Fsp3) is 0.333. The van der Waals surface area contributed by atoms with Gasteiger partial charge in [-0.15, -0.1) is 0 Å². The topological polar surface area (TPSA) is 53.6 Å². The van der Waals surface area contributed by atoms with Gasteiger partial charge in [0, 0.05) is 0 Å². The minimum atomic E-state index is -0.410. The molecule has 0 amide bonds. The van der Waals surface area contributed by atoms with Gasteiger partial charge in [0.05, 0.1) is 16.6 Å². The van der Waals surface area contributed by atoms with E-state index in [1.54, 1.807) is 12.1 Å². The van der Waals surface area contributed by atoms with Gasteiger partial charge in [-0.3, -0.25) is 5.10 Å². The number of rotatable bonds is 2. The number of hydrogen-bond acceptors (Lipinski definition) is 3. The number of nitrogens with zero attached hydrogens (tertiary/aromatic N) is 2. The normalized spacial score (nSPS) is 19.3. The maximum atomic E-state index is 13.7. The highest BCUT2D eigenvalue weighted by molar-refractivity contribution is 6.33. The maximum Gasteiger partial charge on any atom is 0.185 e. The van der Waals surface area contributed by atoms with Crippen LogP contribution in [0.4, 0.5) is 4.39 Å². The predicted molar refractivity (Wildman–Crippen MR) is 66.8 cm³/mol. The van der Waals surface area contributed by atoms with Crippen molar-refractivity contribution >= 4 is 11.6 Å². The zero-order valence-electron chi connectivity index (χ0n) is 9.58. The third-order valence-electron chi connectivity index (χ3n) is 3.08. The SMILES string of the molecule is Fc1cccc(Cl)c1-c1n[nH]c(C2CCCN2)n1. The highest BCUT2D eigenvalue weighted by atomic mass is 35.5. The third kappa shape index (κ3) is 2.00. The first-order chi connectivity index (χ1) is 8.75. The summed E-state index contributed by atoms with van der Waals surface area (Å²) in [6, 6.07) is 4.72. The van der Waals surface area contributed by atoms with Crippen LogP contribution in [0.25, 0.3) is 11.4 Å². The van der Waals surface area contributed by atoms with Crippen molar-refractivity contribution in [2.45, 2.75) is 18.9 Å². The molecule has 3 rings (SSSR count). The Hall–Kier alpha value is -1.46. The fourth-order valence-corrected chi connectivity index (χ4v) is 2.42. The largest absolute Gasteiger partial charge is 0.307 e. The minimum absolute atomic E-state index is 0.178. The Bertz CT molecular complexity index is 543. The highest BCUT2D eigenvalue weighted by Gasteiger charge is 2.21. The second-order valence-corrected chi connectivity index (χ2v) is 4.70. The summed E-state index contributed by atoms with van der Waals surface area (Å²) in [6.07, 6.45) is 2.13. The Morgan fingerprint density at radius 3 is 3.00 bits per heavy atom. The molecule has 1 aliphatic heterocycles. The second-order valence-electron chi connectivity index (χ2n) is 4.29. The Morgan fingerprint density at radius 2 is 2.28 bits per heavy atom. The second kappa shape index (κ2) is 4.66. The van der Waals surface area contributed by atoms with Gasteiger partial charge in [0.2, 0.25) is 0 Å². The van der Waals surface area contributed by atoms with Crippen molar-refractivity contribution in [1.29, 1.82) is 0 Å². The number of nitrogens with one attached hydrogen (secondary N) is 2. The molecule has 0 bridgehead atoms. The molecule has 1 saturated heterocycles. The van der Waals surface area contributed by atoms with Crippen molar-refractivity contribution in [2.24, 2.45) is 0 Å². The van der Waals surface area contributed by atoms with E-state index < -0.39 is 5.82 Å². The van der Waals surface area contributed by atoms with Crippen LogP contribution in [-0.2, 0) is 0 Å². The van der Waals surface area contributed by atoms with Crippen LogP contribution in [0.5, 0.6) is 0 Å². The molecular weight excluding hydrogens is 255 g/mol. The first-order valence-corrected chi connectivity index (χ1v) is 6.23. The lowest BCUT2D eigenvalue weighted by Crippen LogP contribution is -2.14. The molecule has 2 heterocycles. The zero-order chi connectivity index (χ0) is 12.5. The van der Waals surface area contributed by atoms with Gasteiger partial charge in [0.25, 0.3) is 0 Å². The van der Waals surface area contributed by atoms with Gasteiger partial charge < -0.3 is 5.32 Å². The molecule has 1 atom stereocenters. The maximum absolute atomic E-state index is 13.7. The molecule has 2 N–H and O–H groups in total. The van der Waals surface area contributed by atoms with Gasteiger partial charge in [-0.25, -0.2) is 9.37 Å². The smallest absolute Gasteiger partial charge is 0.185 e. The fourth-order valence-electron chi connectivity index (χ4n) is 2.17. The number of aromatic amines is 1. The van der Waals surface area contributed by atoms with Crippen molar-refractivity contribution in [1.82, 2.24) is 20.5 Å². The van der Waals surface area contributed by atoms with Crippen LogP contribution in [0.3, 0.4) is 0 Å². The number of H-pyrrole nitrogens is 1. The lowest BCUT2D eigenvalue weighted by Gasteiger charge is -2.04. The molecule has 1 aliphatic rings. The van der Waals surface area contributed by atoms with E-state index in [0.717, 1.165) is 25.2 Å². The summed E-state index contributed by atoms with van der Waals surface area (Å²) >= 11 is 5.98. The Morgan fingerprint density at radius 1 is 1.39 bits per heavy atom. The first-order valence-electron chi connectivity index (χ1n) is 5.86. The zero-order valence-corrected chi connectivity index (χ0v) is 10.3. The average molecular weight is 267 g/mol. The Labute approximate surface area is 109 Å². The van der Waals surface area contributed by atoms with Gasteiger partial charge in [-0.2, -0.15) is 5.10 Å². The molecule has 0 aliphatic carbocycles. The molecule has 0 saturated carbocycles. The van der Waals surface area contributed by atoms with E-state index in [-0.39, 0.29) is 11.6 Å². The molecule has 1 aromatic carbocycles. The van der Waals surface area contributed by atoms with Crippen LogP contribution >= 0.6 is 11.6 Å². The van der Waals surface area contributed by atoms with Gasteiger partial charge >= 0.3 is 0 Å². The first kappa shape index (κ1) is 11.6. The van der Waals surface area contributed by atoms with Crippen LogP contribution in [0, 0.1) is 5.82 Å². The summed E-state index contributed by atoms with van der Waals surface area (Å²) in [5, 5.41) is 10.5. The highest BCUT2D eigenvalue weighted by Crippen LogP contribution is 2.29. The van der Waals surface area contributed by atoms with Crippen molar-refractivity contribution < 1.29 is 4.39 Å². The van der Waals surface area contributed by atoms with E-state index in [1.807, 2.05) is 0 Å². The van der Waals surface area contributed by atoms with Gasteiger partial charge in [-0.1, -0.05) is 17.7 Å². The van der Waals surface area contributed by atoms with Crippen molar-refractivity contribution in [2.75, 3.05) is 6.54 Å². The standard InChI is InChI=1S/C12H12ClFN4/c13-7-3-1-4-8(14)10(7)12-16-11(17-18-12)9-5-2-6-15-9/h1,3-4,9,15H,2,5-6H2,(H,16,17,18). The molecule has 1 fully saturated rings. The summed E-state index contributed by atoms with van der Waals surface area (Å²) in [4.78, 5) is 4.33. The molecule has 18 heavy (non-hydrogen) atoms. The summed E-state index contributed by atoms with van der Waals surface area (Å²) < 4.78 is 13.7. The molecule has 94 valence electrons. The van der Waals surface area contributed by atoms with E-state index in [0.29, 0.717) is 10.8 Å². The van der Waals surface area contributed by atoms with Crippen LogP contribution < -0.4 is 5.32 Å². The molecule has 0 radical (unpaired) electrons. The number of benzene rings is 1. The van der Waals surface area contributed by atoms with Crippen molar-refractivity contribution in [3.8, 4) is 11.4 Å². The minimum Gasteiger partial charge on any atom is -0.307 e. The average Bonchev–Trinajstić information content (AvgIpc) is 2.99. The van der Waals surface area contributed by atoms with Crippen LogP contribution in [0.1, 0.15) is 24.7 Å². The van der Waals surface area contributed by atoms with Crippen LogP contribution in [0.2, 0.25) is 5.02 Å². The van der Waals surface area contributed by atoms with Gasteiger partial charge in [-0.05, 0) is 31.5 Å². The van der Waals surface area contributed by atoms with E-state index in [1.165, 1.54) is 6.07 Å². The molecule has 2 aromatic rings. The molecular formula is C12H12ClFN4. The van der Waals surface area contributed by atoms with E-state index in [2.05, 4.69) is 20.5 Å². The number of hydrogen-bond donors (Lipinski definition) is 2. The van der Waals surface area contributed by atoms with Crippen molar-refractivity contribution in [3.05, 3.63) is 34.9 Å². The van der Waals surface area contributed by atoms with Gasteiger partial charge in [0.15, 0.2) is 5.82 Å².